The molecule has 1 heterocycles. The molecule has 1 saturated heterocycles. The molecule has 0 unspecified atom stereocenters. The number of fused-ring (bicyclic) bond motifs is 4. The highest BCUT2D eigenvalue weighted by molar-refractivity contribution is 5.72. The third-order valence-corrected chi connectivity index (χ3v) is 12.6. The van der Waals surface area contributed by atoms with Gasteiger partial charge in [-0.05, 0) is 104 Å². The minimum absolute atomic E-state index is 0.00189. The van der Waals surface area contributed by atoms with Gasteiger partial charge in [-0.15, -0.1) is 0 Å². The predicted octanol–water partition coefficient (Wildman–Crippen LogP) is 7.07. The zero-order chi connectivity index (χ0) is 24.0. The van der Waals surface area contributed by atoms with Crippen molar-refractivity contribution < 1.29 is 14.6 Å². The van der Waals surface area contributed by atoms with Gasteiger partial charge in [0.05, 0.1) is 12.0 Å². The summed E-state index contributed by atoms with van der Waals surface area (Å²) in [5.74, 6) is 1.73. The number of ether oxygens (including phenoxy) is 1. The summed E-state index contributed by atoms with van der Waals surface area (Å²) < 4.78 is 5.98. The summed E-state index contributed by atoms with van der Waals surface area (Å²) in [5, 5.41) is 10.8. The van der Waals surface area contributed by atoms with Gasteiger partial charge in [-0.1, -0.05) is 59.6 Å². The van der Waals surface area contributed by atoms with Crippen LogP contribution in [0.15, 0.2) is 11.1 Å². The fraction of sp³-hybridized carbons (Fsp3) is 0.900. The van der Waals surface area contributed by atoms with Gasteiger partial charge < -0.3 is 9.84 Å². The van der Waals surface area contributed by atoms with Crippen molar-refractivity contribution in [3.8, 4) is 0 Å². The van der Waals surface area contributed by atoms with Gasteiger partial charge in [-0.3, -0.25) is 4.79 Å². The molecule has 3 nitrogen and oxygen atoms in total. The van der Waals surface area contributed by atoms with Crippen LogP contribution in [0.3, 0.4) is 0 Å². The summed E-state index contributed by atoms with van der Waals surface area (Å²) in [7, 11) is 0. The van der Waals surface area contributed by atoms with Crippen molar-refractivity contribution >= 4 is 5.97 Å². The number of esters is 1. The Morgan fingerprint density at radius 3 is 2.33 bits per heavy atom. The Hall–Kier alpha value is -0.830. The van der Waals surface area contributed by atoms with E-state index < -0.39 is 0 Å². The van der Waals surface area contributed by atoms with Crippen LogP contribution < -0.4 is 0 Å². The second-order valence-corrected chi connectivity index (χ2v) is 14.0. The first-order valence-corrected chi connectivity index (χ1v) is 14.0. The summed E-state index contributed by atoms with van der Waals surface area (Å²) in [5.41, 5.74) is 4.38. The number of carbonyl (C=O) groups is 1. The zero-order valence-corrected chi connectivity index (χ0v) is 22.3. The Labute approximate surface area is 202 Å². The molecule has 33 heavy (non-hydrogen) atoms. The molecular weight excluding hydrogens is 408 g/mol. The molecule has 9 atom stereocenters. The van der Waals surface area contributed by atoms with E-state index in [1.54, 1.807) is 11.1 Å². The smallest absolute Gasteiger partial charge is 0.308 e. The van der Waals surface area contributed by atoms with Gasteiger partial charge >= 0.3 is 5.97 Å². The molecule has 2 saturated carbocycles. The third-order valence-electron chi connectivity index (χ3n) is 12.6. The number of aliphatic hydroxyl groups is 1. The number of aliphatic hydroxyl groups excluding tert-OH is 1. The molecule has 0 radical (unpaired) electrons. The Balaban J connectivity index is 1.46. The highest BCUT2D eigenvalue weighted by atomic mass is 16.5. The molecule has 186 valence electrons. The van der Waals surface area contributed by atoms with Crippen molar-refractivity contribution in [3.63, 3.8) is 0 Å². The van der Waals surface area contributed by atoms with E-state index in [1.165, 1.54) is 38.5 Å². The van der Waals surface area contributed by atoms with Crippen LogP contribution >= 0.6 is 0 Å². The second kappa shape index (κ2) is 7.58. The van der Waals surface area contributed by atoms with E-state index in [4.69, 9.17) is 4.74 Å². The van der Waals surface area contributed by atoms with Crippen LogP contribution in [0.2, 0.25) is 0 Å². The molecule has 0 aromatic rings. The van der Waals surface area contributed by atoms with Gasteiger partial charge in [-0.2, -0.15) is 0 Å². The quantitative estimate of drug-likeness (QED) is 0.357. The summed E-state index contributed by atoms with van der Waals surface area (Å²) in [6.45, 7) is 16.7. The standard InChI is InChI=1S/C30H48O3/c1-18-8-10-23(33-26(18)32)19(2)20-12-16-30(7)22-9-11-24-27(3,4)25(31)14-15-28(24,5)21(22)13-17-29(20,30)6/h18-20,23-25,31H,8-17H2,1-7H3/t18-,19+,20-,23+,24-,25-,28-,29-,30+/m1/s1. The van der Waals surface area contributed by atoms with Gasteiger partial charge in [-0.25, -0.2) is 0 Å². The molecule has 0 bridgehead atoms. The molecule has 1 aliphatic heterocycles. The lowest BCUT2D eigenvalue weighted by Crippen LogP contribution is -2.55. The number of carbonyl (C=O) groups excluding carboxylic acids is 1. The monoisotopic (exact) mass is 456 g/mol. The van der Waals surface area contributed by atoms with E-state index in [1.807, 2.05) is 6.92 Å². The van der Waals surface area contributed by atoms with Crippen molar-refractivity contribution in [2.45, 2.75) is 125 Å². The number of hydrogen-bond donors (Lipinski definition) is 1. The van der Waals surface area contributed by atoms with E-state index >= 15 is 0 Å². The molecule has 3 heteroatoms. The van der Waals surface area contributed by atoms with Gasteiger partial charge in [0.15, 0.2) is 0 Å². The summed E-state index contributed by atoms with van der Waals surface area (Å²) in [6, 6.07) is 0. The molecule has 5 rings (SSSR count). The number of allylic oxidation sites excluding steroid dienone is 2. The third kappa shape index (κ3) is 3.12. The lowest BCUT2D eigenvalue weighted by atomic mass is 9.43. The fourth-order valence-corrected chi connectivity index (χ4v) is 10.0. The molecular formula is C30H48O3. The average molecular weight is 457 g/mol. The minimum atomic E-state index is -0.167. The van der Waals surface area contributed by atoms with Crippen molar-refractivity contribution in [3.05, 3.63) is 11.1 Å². The largest absolute Gasteiger partial charge is 0.462 e. The van der Waals surface area contributed by atoms with Crippen molar-refractivity contribution in [1.82, 2.24) is 0 Å². The fourth-order valence-electron chi connectivity index (χ4n) is 10.0. The maximum absolute atomic E-state index is 12.3. The van der Waals surface area contributed by atoms with Gasteiger partial charge in [0.2, 0.25) is 0 Å². The SMILES string of the molecule is C[C@H]([C@@H]1CC[C@@H](C)C(=O)O1)[C@H]1CC[C@@]2(C)C3=C(CC[C@]12C)[C@@]1(C)CC[C@@H](O)C(C)(C)[C@H]1CC3. The highest BCUT2D eigenvalue weighted by Crippen LogP contribution is 2.72. The van der Waals surface area contributed by atoms with Crippen LogP contribution in [0.1, 0.15) is 113 Å². The first-order chi connectivity index (χ1) is 15.4. The molecule has 0 aromatic carbocycles. The van der Waals surface area contributed by atoms with Gasteiger partial charge in [0.1, 0.15) is 6.10 Å². The first kappa shape index (κ1) is 23.9. The zero-order valence-electron chi connectivity index (χ0n) is 22.3. The molecule has 0 amide bonds. The van der Waals surface area contributed by atoms with Gasteiger partial charge in [0, 0.05) is 0 Å². The Morgan fingerprint density at radius 1 is 0.909 bits per heavy atom. The first-order valence-electron chi connectivity index (χ1n) is 14.0. The lowest BCUT2D eigenvalue weighted by molar-refractivity contribution is -0.165. The van der Waals surface area contributed by atoms with Crippen LogP contribution in [-0.2, 0) is 9.53 Å². The van der Waals surface area contributed by atoms with E-state index in [0.717, 1.165) is 25.7 Å². The second-order valence-electron chi connectivity index (χ2n) is 14.0. The lowest BCUT2D eigenvalue weighted by Gasteiger charge is -2.62. The van der Waals surface area contributed by atoms with E-state index in [2.05, 4.69) is 41.5 Å². The maximum Gasteiger partial charge on any atom is 0.308 e. The molecule has 3 fully saturated rings. The van der Waals surface area contributed by atoms with Crippen LogP contribution in [-0.4, -0.2) is 23.3 Å². The Kier molecular flexibility index (Phi) is 5.49. The van der Waals surface area contributed by atoms with Crippen molar-refractivity contribution in [2.75, 3.05) is 0 Å². The summed E-state index contributed by atoms with van der Waals surface area (Å²) in [6.07, 6.45) is 11.5. The van der Waals surface area contributed by atoms with Gasteiger partial charge in [0.25, 0.3) is 0 Å². The summed E-state index contributed by atoms with van der Waals surface area (Å²) >= 11 is 0. The van der Waals surface area contributed by atoms with E-state index in [0.29, 0.717) is 17.8 Å². The molecule has 0 spiro atoms. The predicted molar refractivity (Wildman–Crippen MR) is 132 cm³/mol. The van der Waals surface area contributed by atoms with E-state index in [9.17, 15) is 9.90 Å². The Bertz CT molecular complexity index is 857. The summed E-state index contributed by atoms with van der Waals surface area (Å²) in [4.78, 5) is 12.3. The Morgan fingerprint density at radius 2 is 1.64 bits per heavy atom. The van der Waals surface area contributed by atoms with Crippen molar-refractivity contribution in [1.29, 1.82) is 0 Å². The van der Waals surface area contributed by atoms with Crippen LogP contribution in [0, 0.1) is 45.3 Å². The highest BCUT2D eigenvalue weighted by Gasteiger charge is 2.63. The van der Waals surface area contributed by atoms with Crippen LogP contribution in [0.4, 0.5) is 0 Å². The van der Waals surface area contributed by atoms with Crippen molar-refractivity contribution in [2.24, 2.45) is 45.3 Å². The van der Waals surface area contributed by atoms with E-state index in [-0.39, 0.29) is 45.8 Å². The molecule has 5 aliphatic rings. The number of hydrogen-bond acceptors (Lipinski definition) is 3. The number of cyclic esters (lactones) is 1. The molecule has 4 aliphatic carbocycles. The maximum atomic E-state index is 12.3. The molecule has 1 N–H and O–H groups in total. The average Bonchev–Trinajstić information content (AvgIpc) is 3.04. The van der Waals surface area contributed by atoms with Crippen LogP contribution in [0.5, 0.6) is 0 Å². The molecule has 0 aromatic heterocycles. The minimum Gasteiger partial charge on any atom is -0.462 e. The topological polar surface area (TPSA) is 46.5 Å². The number of rotatable bonds is 2. The normalized spacial score (nSPS) is 50.2. The van der Waals surface area contributed by atoms with Crippen LogP contribution in [0.25, 0.3) is 0 Å².